The van der Waals surface area contributed by atoms with Crippen molar-refractivity contribution >= 4 is 5.82 Å². The first kappa shape index (κ1) is 9.46. The van der Waals surface area contributed by atoms with Crippen molar-refractivity contribution in [1.29, 1.82) is 0 Å². The van der Waals surface area contributed by atoms with Gasteiger partial charge in [-0.25, -0.2) is 4.98 Å². The van der Waals surface area contributed by atoms with Crippen LogP contribution in [0.2, 0.25) is 0 Å². The molecular formula is C11H16N2O. The van der Waals surface area contributed by atoms with E-state index >= 15 is 0 Å². The molecule has 76 valence electrons. The van der Waals surface area contributed by atoms with E-state index in [2.05, 4.69) is 9.88 Å². The Morgan fingerprint density at radius 1 is 1.29 bits per heavy atom. The Balaban J connectivity index is 2.20. The highest BCUT2D eigenvalue weighted by Gasteiger charge is 2.14. The number of aromatic nitrogens is 1. The van der Waals surface area contributed by atoms with E-state index in [1.807, 2.05) is 12.1 Å². The number of anilines is 1. The van der Waals surface area contributed by atoms with E-state index in [0.29, 0.717) is 0 Å². The second kappa shape index (κ2) is 4.42. The molecule has 0 unspecified atom stereocenters. The van der Waals surface area contributed by atoms with E-state index in [1.165, 1.54) is 19.3 Å². The largest absolute Gasteiger partial charge is 0.392 e. The quantitative estimate of drug-likeness (QED) is 0.772. The lowest BCUT2D eigenvalue weighted by Gasteiger charge is -2.29. The highest BCUT2D eigenvalue weighted by Crippen LogP contribution is 2.21. The summed E-state index contributed by atoms with van der Waals surface area (Å²) in [6.07, 6.45) is 5.59. The molecule has 1 fully saturated rings. The number of rotatable bonds is 2. The summed E-state index contributed by atoms with van der Waals surface area (Å²) in [5.74, 6) is 0.967. The Morgan fingerprint density at radius 2 is 2.07 bits per heavy atom. The zero-order chi connectivity index (χ0) is 9.80. The van der Waals surface area contributed by atoms with Crippen molar-refractivity contribution < 1.29 is 5.11 Å². The van der Waals surface area contributed by atoms with Crippen molar-refractivity contribution in [3.63, 3.8) is 0 Å². The minimum absolute atomic E-state index is 0.0830. The van der Waals surface area contributed by atoms with E-state index in [4.69, 9.17) is 0 Å². The molecule has 1 saturated heterocycles. The lowest BCUT2D eigenvalue weighted by Crippen LogP contribution is -2.31. The molecule has 0 amide bonds. The molecular weight excluding hydrogens is 176 g/mol. The fourth-order valence-electron chi connectivity index (χ4n) is 1.94. The van der Waals surface area contributed by atoms with Crippen molar-refractivity contribution in [2.24, 2.45) is 0 Å². The van der Waals surface area contributed by atoms with Gasteiger partial charge in [-0.2, -0.15) is 0 Å². The number of hydrogen-bond donors (Lipinski definition) is 1. The van der Waals surface area contributed by atoms with Gasteiger partial charge in [-0.3, -0.25) is 0 Å². The molecule has 0 radical (unpaired) electrons. The molecule has 1 aliphatic heterocycles. The van der Waals surface area contributed by atoms with Gasteiger partial charge >= 0.3 is 0 Å². The summed E-state index contributed by atoms with van der Waals surface area (Å²) in [5.41, 5.74) is 0.939. The van der Waals surface area contributed by atoms with Gasteiger partial charge in [0.05, 0.1) is 6.61 Å². The minimum Gasteiger partial charge on any atom is -0.392 e. The standard InChI is InChI=1S/C11H16N2O/c14-9-10-5-4-6-12-11(10)13-7-2-1-3-8-13/h4-6,14H,1-3,7-9H2. The lowest BCUT2D eigenvalue weighted by atomic mass is 10.1. The van der Waals surface area contributed by atoms with Gasteiger partial charge in [-0.05, 0) is 25.3 Å². The fraction of sp³-hybridized carbons (Fsp3) is 0.545. The van der Waals surface area contributed by atoms with Crippen molar-refractivity contribution in [1.82, 2.24) is 4.98 Å². The Hall–Kier alpha value is -1.09. The maximum absolute atomic E-state index is 9.18. The number of piperidine rings is 1. The maximum Gasteiger partial charge on any atom is 0.134 e. The van der Waals surface area contributed by atoms with E-state index < -0.39 is 0 Å². The summed E-state index contributed by atoms with van der Waals surface area (Å²) in [6.45, 7) is 2.23. The third-order valence-corrected chi connectivity index (χ3v) is 2.69. The van der Waals surface area contributed by atoms with Gasteiger partial charge in [0, 0.05) is 24.8 Å². The van der Waals surface area contributed by atoms with Crippen LogP contribution < -0.4 is 4.90 Å². The van der Waals surface area contributed by atoms with Crippen LogP contribution >= 0.6 is 0 Å². The fourth-order valence-corrected chi connectivity index (χ4v) is 1.94. The van der Waals surface area contributed by atoms with Crippen LogP contribution in [0, 0.1) is 0 Å². The molecule has 0 spiro atoms. The summed E-state index contributed by atoms with van der Waals surface area (Å²) in [5, 5.41) is 9.18. The van der Waals surface area contributed by atoms with Gasteiger partial charge in [0.2, 0.25) is 0 Å². The summed E-state index contributed by atoms with van der Waals surface area (Å²) in [7, 11) is 0. The Morgan fingerprint density at radius 3 is 2.79 bits per heavy atom. The topological polar surface area (TPSA) is 36.4 Å². The first-order valence-electron chi connectivity index (χ1n) is 5.21. The van der Waals surface area contributed by atoms with Crippen LogP contribution in [-0.2, 0) is 6.61 Å². The van der Waals surface area contributed by atoms with E-state index in [1.54, 1.807) is 6.20 Å². The number of aliphatic hydroxyl groups is 1. The van der Waals surface area contributed by atoms with Gasteiger partial charge in [0.25, 0.3) is 0 Å². The molecule has 0 aromatic carbocycles. The van der Waals surface area contributed by atoms with Crippen LogP contribution in [0.5, 0.6) is 0 Å². The van der Waals surface area contributed by atoms with E-state index in [-0.39, 0.29) is 6.61 Å². The number of aliphatic hydroxyl groups excluding tert-OH is 1. The lowest BCUT2D eigenvalue weighted by molar-refractivity contribution is 0.281. The Kier molecular flexibility index (Phi) is 2.99. The van der Waals surface area contributed by atoms with Crippen LogP contribution in [0.25, 0.3) is 0 Å². The number of hydrogen-bond acceptors (Lipinski definition) is 3. The SMILES string of the molecule is OCc1cccnc1N1CCCCC1. The summed E-state index contributed by atoms with van der Waals surface area (Å²) >= 11 is 0. The van der Waals surface area contributed by atoms with Crippen LogP contribution in [0.3, 0.4) is 0 Å². The second-order valence-corrected chi connectivity index (χ2v) is 3.69. The highest BCUT2D eigenvalue weighted by atomic mass is 16.3. The first-order valence-corrected chi connectivity index (χ1v) is 5.21. The average molecular weight is 192 g/mol. The van der Waals surface area contributed by atoms with Gasteiger partial charge in [-0.1, -0.05) is 6.07 Å². The van der Waals surface area contributed by atoms with Crippen LogP contribution in [0.15, 0.2) is 18.3 Å². The summed E-state index contributed by atoms with van der Waals surface area (Å²) < 4.78 is 0. The normalized spacial score (nSPS) is 17.1. The van der Waals surface area contributed by atoms with Crippen molar-refractivity contribution in [3.05, 3.63) is 23.9 Å². The molecule has 3 nitrogen and oxygen atoms in total. The van der Waals surface area contributed by atoms with Crippen molar-refractivity contribution in [3.8, 4) is 0 Å². The predicted octanol–water partition coefficient (Wildman–Crippen LogP) is 1.56. The average Bonchev–Trinajstić information content (AvgIpc) is 2.30. The van der Waals surface area contributed by atoms with Crippen LogP contribution in [0.1, 0.15) is 24.8 Å². The number of nitrogens with zero attached hydrogens (tertiary/aromatic N) is 2. The molecule has 1 N–H and O–H groups in total. The molecule has 3 heteroatoms. The predicted molar refractivity (Wildman–Crippen MR) is 56.2 cm³/mol. The summed E-state index contributed by atoms with van der Waals surface area (Å²) in [4.78, 5) is 6.61. The summed E-state index contributed by atoms with van der Waals surface area (Å²) in [6, 6.07) is 3.82. The van der Waals surface area contributed by atoms with E-state index in [0.717, 1.165) is 24.5 Å². The molecule has 1 aliphatic rings. The molecule has 2 heterocycles. The maximum atomic E-state index is 9.18. The van der Waals surface area contributed by atoms with Gasteiger partial charge in [0.15, 0.2) is 0 Å². The molecule has 0 atom stereocenters. The zero-order valence-corrected chi connectivity index (χ0v) is 8.32. The molecule has 0 bridgehead atoms. The first-order chi connectivity index (χ1) is 6.92. The number of pyridine rings is 1. The van der Waals surface area contributed by atoms with Crippen molar-refractivity contribution in [2.45, 2.75) is 25.9 Å². The minimum atomic E-state index is 0.0830. The van der Waals surface area contributed by atoms with Crippen LogP contribution in [-0.4, -0.2) is 23.2 Å². The van der Waals surface area contributed by atoms with E-state index in [9.17, 15) is 5.11 Å². The zero-order valence-electron chi connectivity index (χ0n) is 8.32. The molecule has 0 aliphatic carbocycles. The van der Waals surface area contributed by atoms with Gasteiger partial charge < -0.3 is 10.0 Å². The molecule has 1 aromatic rings. The molecule has 0 saturated carbocycles. The third kappa shape index (κ3) is 1.87. The smallest absolute Gasteiger partial charge is 0.134 e. The molecule has 2 rings (SSSR count). The van der Waals surface area contributed by atoms with Crippen molar-refractivity contribution in [2.75, 3.05) is 18.0 Å². The second-order valence-electron chi connectivity index (χ2n) is 3.69. The Bertz CT molecular complexity index is 295. The van der Waals surface area contributed by atoms with Gasteiger partial charge in [0.1, 0.15) is 5.82 Å². The third-order valence-electron chi connectivity index (χ3n) is 2.69. The van der Waals surface area contributed by atoms with Gasteiger partial charge in [-0.15, -0.1) is 0 Å². The highest BCUT2D eigenvalue weighted by molar-refractivity contribution is 5.46. The molecule has 1 aromatic heterocycles. The Labute approximate surface area is 84.4 Å². The van der Waals surface area contributed by atoms with Crippen LogP contribution in [0.4, 0.5) is 5.82 Å². The monoisotopic (exact) mass is 192 g/mol. The molecule has 14 heavy (non-hydrogen) atoms.